The molecule has 1 aromatic rings. The van der Waals surface area contributed by atoms with Crippen molar-refractivity contribution in [3.63, 3.8) is 0 Å². The predicted molar refractivity (Wildman–Crippen MR) is 78.7 cm³/mol. The number of nitrogens with one attached hydrogen (secondary N) is 1. The number of ether oxygens (including phenoxy) is 1. The highest BCUT2D eigenvalue weighted by Crippen LogP contribution is 2.09. The topological polar surface area (TPSA) is 55.4 Å². The smallest absolute Gasteiger partial charge is 0.408 e. The third kappa shape index (κ3) is 6.36. The van der Waals surface area contributed by atoms with Crippen molar-refractivity contribution in [2.45, 2.75) is 52.2 Å². The molecule has 0 radical (unpaired) electrons. The van der Waals surface area contributed by atoms with Crippen molar-refractivity contribution < 1.29 is 14.3 Å². The number of hydrogen-bond donors (Lipinski definition) is 1. The van der Waals surface area contributed by atoms with Gasteiger partial charge in [0.15, 0.2) is 0 Å². The van der Waals surface area contributed by atoms with Crippen LogP contribution in [0.1, 0.15) is 38.3 Å². The predicted octanol–water partition coefficient (Wildman–Crippen LogP) is 3.02. The Bertz CT molecular complexity index is 463. The number of benzene rings is 1. The van der Waals surface area contributed by atoms with Crippen LogP contribution in [0.25, 0.3) is 0 Å². The van der Waals surface area contributed by atoms with E-state index in [-0.39, 0.29) is 0 Å². The maximum Gasteiger partial charge on any atom is 0.408 e. The fourth-order valence-electron chi connectivity index (χ4n) is 1.82. The zero-order valence-electron chi connectivity index (χ0n) is 12.6. The molecule has 1 rings (SSSR count). The molecule has 0 bridgehead atoms. The van der Waals surface area contributed by atoms with Crippen molar-refractivity contribution in [2.75, 3.05) is 0 Å². The van der Waals surface area contributed by atoms with Crippen LogP contribution in [0.2, 0.25) is 0 Å². The third-order valence-corrected chi connectivity index (χ3v) is 2.69. The molecule has 0 saturated heterocycles. The summed E-state index contributed by atoms with van der Waals surface area (Å²) < 4.78 is 5.13. The fraction of sp³-hybridized carbons (Fsp3) is 0.500. The van der Waals surface area contributed by atoms with E-state index >= 15 is 0 Å². The number of amides is 1. The van der Waals surface area contributed by atoms with Crippen LogP contribution in [-0.2, 0) is 16.0 Å². The molecular weight excluding hydrogens is 254 g/mol. The average Bonchev–Trinajstić information content (AvgIpc) is 2.32. The number of rotatable bonds is 5. The van der Waals surface area contributed by atoms with Crippen molar-refractivity contribution >= 4 is 12.4 Å². The molecule has 1 unspecified atom stereocenters. The number of carbonyl (C=O) groups is 2. The van der Waals surface area contributed by atoms with Crippen molar-refractivity contribution in [3.8, 4) is 0 Å². The second-order valence-corrected chi connectivity index (χ2v) is 5.92. The molecule has 0 aliphatic heterocycles. The van der Waals surface area contributed by atoms with Crippen molar-refractivity contribution in [3.05, 3.63) is 35.4 Å². The number of aryl methyl sites for hydroxylation is 2. The molecule has 1 atom stereocenters. The van der Waals surface area contributed by atoms with Crippen LogP contribution in [0.15, 0.2) is 24.3 Å². The van der Waals surface area contributed by atoms with Gasteiger partial charge in [-0.3, -0.25) is 0 Å². The molecule has 4 nitrogen and oxygen atoms in total. The van der Waals surface area contributed by atoms with Gasteiger partial charge in [-0.15, -0.1) is 0 Å². The lowest BCUT2D eigenvalue weighted by atomic mass is 10.0. The minimum absolute atomic E-state index is 0.523. The highest BCUT2D eigenvalue weighted by molar-refractivity contribution is 5.73. The molecule has 0 saturated carbocycles. The molecule has 0 spiro atoms. The highest BCUT2D eigenvalue weighted by atomic mass is 16.6. The largest absolute Gasteiger partial charge is 0.444 e. The van der Waals surface area contributed by atoms with Gasteiger partial charge >= 0.3 is 6.09 Å². The number of aldehydes is 1. The summed E-state index contributed by atoms with van der Waals surface area (Å²) in [7, 11) is 0. The Kier molecular flexibility index (Phi) is 5.74. The van der Waals surface area contributed by atoms with Gasteiger partial charge in [-0.25, -0.2) is 4.79 Å². The molecule has 1 N–H and O–H groups in total. The summed E-state index contributed by atoms with van der Waals surface area (Å²) in [6.45, 7) is 7.39. The number of alkyl carbamates (subject to hydrolysis) is 1. The van der Waals surface area contributed by atoms with Gasteiger partial charge in [0.2, 0.25) is 0 Å². The summed E-state index contributed by atoms with van der Waals surface area (Å²) >= 11 is 0. The zero-order chi connectivity index (χ0) is 15.2. The van der Waals surface area contributed by atoms with Crippen molar-refractivity contribution in [2.24, 2.45) is 0 Å². The molecule has 0 heterocycles. The minimum atomic E-state index is -0.561. The molecule has 0 aliphatic carbocycles. The lowest BCUT2D eigenvalue weighted by Gasteiger charge is -2.21. The van der Waals surface area contributed by atoms with Gasteiger partial charge in [-0.2, -0.15) is 0 Å². The van der Waals surface area contributed by atoms with E-state index in [0.29, 0.717) is 6.42 Å². The summed E-state index contributed by atoms with van der Waals surface area (Å²) in [5, 5.41) is 2.58. The quantitative estimate of drug-likeness (QED) is 0.842. The molecule has 1 aromatic carbocycles. The first-order valence-corrected chi connectivity index (χ1v) is 6.80. The van der Waals surface area contributed by atoms with Crippen molar-refractivity contribution in [1.29, 1.82) is 0 Å². The van der Waals surface area contributed by atoms with Gasteiger partial charge < -0.3 is 14.8 Å². The minimum Gasteiger partial charge on any atom is -0.444 e. The van der Waals surface area contributed by atoms with E-state index in [1.165, 1.54) is 5.56 Å². The van der Waals surface area contributed by atoms with E-state index in [4.69, 9.17) is 4.74 Å². The third-order valence-electron chi connectivity index (χ3n) is 2.69. The van der Waals surface area contributed by atoms with Gasteiger partial charge in [-0.1, -0.05) is 29.8 Å². The van der Waals surface area contributed by atoms with Crippen molar-refractivity contribution in [1.82, 2.24) is 5.32 Å². The molecular formula is C16H23NO3. The molecule has 1 amide bonds. The molecule has 0 aliphatic rings. The molecule has 20 heavy (non-hydrogen) atoms. The highest BCUT2D eigenvalue weighted by Gasteiger charge is 2.19. The van der Waals surface area contributed by atoms with E-state index in [9.17, 15) is 9.59 Å². The Morgan fingerprint density at radius 2 is 2.10 bits per heavy atom. The van der Waals surface area contributed by atoms with E-state index < -0.39 is 17.7 Å². The SMILES string of the molecule is Cc1cccc(CCC(C=O)NC(=O)OC(C)(C)C)c1. The summed E-state index contributed by atoms with van der Waals surface area (Å²) in [6.07, 6.45) is 1.49. The van der Waals surface area contributed by atoms with E-state index in [1.54, 1.807) is 20.8 Å². The molecule has 110 valence electrons. The van der Waals surface area contributed by atoms with Crippen LogP contribution in [0.3, 0.4) is 0 Å². The molecule has 0 aromatic heterocycles. The van der Waals surface area contributed by atoms with Gasteiger partial charge in [0.05, 0.1) is 6.04 Å². The van der Waals surface area contributed by atoms with Crippen LogP contribution in [0, 0.1) is 6.92 Å². The zero-order valence-corrected chi connectivity index (χ0v) is 12.6. The Hall–Kier alpha value is -1.84. The van der Waals surface area contributed by atoms with E-state index in [0.717, 1.165) is 18.3 Å². The molecule has 4 heteroatoms. The second kappa shape index (κ2) is 7.08. The Morgan fingerprint density at radius 3 is 2.65 bits per heavy atom. The van der Waals surface area contributed by atoms with E-state index in [1.807, 2.05) is 25.1 Å². The molecule has 0 fully saturated rings. The monoisotopic (exact) mass is 277 g/mol. The normalized spacial score (nSPS) is 12.6. The summed E-state index contributed by atoms with van der Waals surface area (Å²) in [4.78, 5) is 22.6. The van der Waals surface area contributed by atoms with Gasteiger partial charge in [0.25, 0.3) is 0 Å². The van der Waals surface area contributed by atoms with Crippen LogP contribution in [-0.4, -0.2) is 24.0 Å². The summed E-state index contributed by atoms with van der Waals surface area (Å²) in [5.74, 6) is 0. The van der Waals surface area contributed by atoms with Crippen LogP contribution >= 0.6 is 0 Å². The second-order valence-electron chi connectivity index (χ2n) is 5.92. The van der Waals surface area contributed by atoms with Crippen LogP contribution < -0.4 is 5.32 Å². The maximum absolute atomic E-state index is 11.6. The average molecular weight is 277 g/mol. The standard InChI is InChI=1S/C16H23NO3/c1-12-6-5-7-13(10-12)8-9-14(11-18)17-15(19)20-16(2,3)4/h5-7,10-11,14H,8-9H2,1-4H3,(H,17,19). The lowest BCUT2D eigenvalue weighted by Crippen LogP contribution is -2.40. The fourth-order valence-corrected chi connectivity index (χ4v) is 1.82. The first kappa shape index (κ1) is 16.2. The number of carbonyl (C=O) groups excluding carboxylic acids is 2. The van der Waals surface area contributed by atoms with Crippen LogP contribution in [0.5, 0.6) is 0 Å². The van der Waals surface area contributed by atoms with Gasteiger partial charge in [0.1, 0.15) is 11.9 Å². The summed E-state index contributed by atoms with van der Waals surface area (Å²) in [6, 6.07) is 7.59. The summed E-state index contributed by atoms with van der Waals surface area (Å²) in [5.41, 5.74) is 1.78. The Labute approximate surface area is 120 Å². The van der Waals surface area contributed by atoms with E-state index in [2.05, 4.69) is 11.4 Å². The lowest BCUT2D eigenvalue weighted by molar-refractivity contribution is -0.109. The maximum atomic E-state index is 11.6. The van der Waals surface area contributed by atoms with Gasteiger partial charge in [-0.05, 0) is 46.1 Å². The van der Waals surface area contributed by atoms with Crippen LogP contribution in [0.4, 0.5) is 4.79 Å². The number of hydrogen-bond acceptors (Lipinski definition) is 3. The Balaban J connectivity index is 2.47. The van der Waals surface area contributed by atoms with Gasteiger partial charge in [0, 0.05) is 0 Å². The first-order chi connectivity index (χ1) is 9.30. The first-order valence-electron chi connectivity index (χ1n) is 6.80. The Morgan fingerprint density at radius 1 is 1.40 bits per heavy atom.